The van der Waals surface area contributed by atoms with Gasteiger partial charge < -0.3 is 5.32 Å². The van der Waals surface area contributed by atoms with Gasteiger partial charge >= 0.3 is 0 Å². The number of aromatic nitrogens is 2. The molecule has 1 saturated carbocycles. The Morgan fingerprint density at radius 3 is 2.74 bits per heavy atom. The summed E-state index contributed by atoms with van der Waals surface area (Å²) in [6, 6.07) is 2.61. The van der Waals surface area contributed by atoms with Crippen molar-refractivity contribution in [1.29, 1.82) is 0 Å². The number of hydrogen-bond donors (Lipinski definition) is 1. The number of nitrogens with zero attached hydrogens (tertiary/aromatic N) is 4. The normalized spacial score (nSPS) is 22.0. The first-order valence-electron chi connectivity index (χ1n) is 8.96. The lowest BCUT2D eigenvalue weighted by molar-refractivity contribution is -0.117. The maximum Gasteiger partial charge on any atom is 0.239 e. The Morgan fingerprint density at radius 2 is 2.00 bits per heavy atom. The smallest absolute Gasteiger partial charge is 0.239 e. The quantitative estimate of drug-likeness (QED) is 0.918. The molecule has 2 aliphatic rings. The fourth-order valence-electron chi connectivity index (χ4n) is 3.83. The highest BCUT2D eigenvalue weighted by Crippen LogP contribution is 2.23. The predicted octanol–water partition coefficient (Wildman–Crippen LogP) is 1.70. The van der Waals surface area contributed by atoms with Crippen LogP contribution in [0.5, 0.6) is 0 Å². The minimum absolute atomic E-state index is 0.0369. The average Bonchev–Trinajstić information content (AvgIpc) is 2.82. The molecular formula is C17H29N5O. The van der Waals surface area contributed by atoms with Gasteiger partial charge in [-0.25, -0.2) is 0 Å². The van der Waals surface area contributed by atoms with E-state index in [1.807, 2.05) is 19.3 Å². The molecule has 1 aliphatic carbocycles. The summed E-state index contributed by atoms with van der Waals surface area (Å²) in [6.45, 7) is 4.75. The molecule has 1 saturated heterocycles. The summed E-state index contributed by atoms with van der Waals surface area (Å²) in [4.78, 5) is 17.1. The summed E-state index contributed by atoms with van der Waals surface area (Å²) >= 11 is 0. The van der Waals surface area contributed by atoms with E-state index in [0.29, 0.717) is 12.4 Å². The summed E-state index contributed by atoms with van der Waals surface area (Å²) in [5, 5.41) is 7.07. The van der Waals surface area contributed by atoms with Gasteiger partial charge in [0.15, 0.2) is 5.82 Å². The van der Waals surface area contributed by atoms with Gasteiger partial charge in [0.05, 0.1) is 6.54 Å². The fourth-order valence-corrected chi connectivity index (χ4v) is 3.83. The van der Waals surface area contributed by atoms with Crippen LogP contribution < -0.4 is 5.32 Å². The third-order valence-electron chi connectivity index (χ3n) is 5.06. The van der Waals surface area contributed by atoms with E-state index in [4.69, 9.17) is 0 Å². The highest BCUT2D eigenvalue weighted by Gasteiger charge is 2.24. The second-order valence-electron chi connectivity index (χ2n) is 6.88. The highest BCUT2D eigenvalue weighted by molar-refractivity contribution is 5.91. The van der Waals surface area contributed by atoms with Gasteiger partial charge in [-0.2, -0.15) is 5.10 Å². The van der Waals surface area contributed by atoms with Gasteiger partial charge in [0.25, 0.3) is 0 Å². The van der Waals surface area contributed by atoms with Crippen LogP contribution in [0.2, 0.25) is 0 Å². The van der Waals surface area contributed by atoms with Crippen LogP contribution in [0.1, 0.15) is 38.5 Å². The van der Waals surface area contributed by atoms with E-state index in [0.717, 1.165) is 32.1 Å². The van der Waals surface area contributed by atoms with Crippen LogP contribution >= 0.6 is 0 Å². The molecule has 0 bridgehead atoms. The Hall–Kier alpha value is -1.40. The summed E-state index contributed by atoms with van der Waals surface area (Å²) in [7, 11) is 1.85. The molecule has 0 atom stereocenters. The van der Waals surface area contributed by atoms with Gasteiger partial charge in [-0.15, -0.1) is 0 Å². The first-order chi connectivity index (χ1) is 11.2. The topological polar surface area (TPSA) is 53.4 Å². The third-order valence-corrected chi connectivity index (χ3v) is 5.06. The number of carbonyl (C=O) groups excluding carboxylic acids is 1. The molecular weight excluding hydrogens is 290 g/mol. The largest absolute Gasteiger partial charge is 0.308 e. The molecule has 0 radical (unpaired) electrons. The third kappa shape index (κ3) is 4.78. The molecule has 1 aliphatic heterocycles. The summed E-state index contributed by atoms with van der Waals surface area (Å²) in [5.41, 5.74) is 0. The predicted molar refractivity (Wildman–Crippen MR) is 91.3 cm³/mol. The number of anilines is 1. The molecule has 23 heavy (non-hydrogen) atoms. The molecule has 1 aromatic heterocycles. The van der Waals surface area contributed by atoms with Crippen molar-refractivity contribution in [2.45, 2.75) is 44.6 Å². The van der Waals surface area contributed by atoms with Crippen LogP contribution in [0.3, 0.4) is 0 Å². The van der Waals surface area contributed by atoms with Crippen LogP contribution in [-0.2, 0) is 11.8 Å². The van der Waals surface area contributed by atoms with Crippen molar-refractivity contribution < 1.29 is 4.79 Å². The van der Waals surface area contributed by atoms with Gasteiger partial charge in [-0.05, 0) is 32.4 Å². The maximum atomic E-state index is 12.2. The molecule has 0 spiro atoms. The van der Waals surface area contributed by atoms with E-state index in [2.05, 4.69) is 20.2 Å². The molecule has 1 amide bonds. The van der Waals surface area contributed by atoms with E-state index in [-0.39, 0.29) is 5.91 Å². The number of amides is 1. The van der Waals surface area contributed by atoms with Crippen LogP contribution in [-0.4, -0.2) is 64.3 Å². The molecule has 2 heterocycles. The van der Waals surface area contributed by atoms with E-state index in [1.165, 1.54) is 38.6 Å². The zero-order valence-electron chi connectivity index (χ0n) is 14.2. The zero-order valence-corrected chi connectivity index (χ0v) is 14.2. The fraction of sp³-hybridized carbons (Fsp3) is 0.765. The number of hydrogen-bond acceptors (Lipinski definition) is 4. The van der Waals surface area contributed by atoms with E-state index in [1.54, 1.807) is 4.68 Å². The summed E-state index contributed by atoms with van der Waals surface area (Å²) < 4.78 is 1.70. The molecule has 0 aromatic carbocycles. The van der Waals surface area contributed by atoms with Crippen LogP contribution in [0, 0.1) is 0 Å². The van der Waals surface area contributed by atoms with Crippen LogP contribution in [0.4, 0.5) is 5.82 Å². The van der Waals surface area contributed by atoms with Gasteiger partial charge in [-0.3, -0.25) is 19.3 Å². The Bertz CT molecular complexity index is 509. The zero-order chi connectivity index (χ0) is 16.1. The van der Waals surface area contributed by atoms with E-state index in [9.17, 15) is 4.79 Å². The number of carbonyl (C=O) groups is 1. The first-order valence-corrected chi connectivity index (χ1v) is 8.96. The SMILES string of the molecule is Cn1ccc(NC(=O)CN2CCCN(C3CCCCC3)CC2)n1. The summed E-state index contributed by atoms with van der Waals surface area (Å²) in [5.74, 6) is 0.672. The standard InChI is InChI=1S/C17H29N5O/c1-20-11-8-16(19-20)18-17(23)14-21-9-5-10-22(13-12-21)15-6-3-2-4-7-15/h8,11,15H,2-7,9-10,12-14H2,1H3,(H,18,19,23). The molecule has 3 rings (SSSR count). The monoisotopic (exact) mass is 319 g/mol. The lowest BCUT2D eigenvalue weighted by Gasteiger charge is -2.33. The molecule has 0 unspecified atom stereocenters. The lowest BCUT2D eigenvalue weighted by atomic mass is 9.94. The number of aryl methyl sites for hydroxylation is 1. The van der Waals surface area contributed by atoms with Gasteiger partial charge in [0, 0.05) is 38.4 Å². The highest BCUT2D eigenvalue weighted by atomic mass is 16.2. The van der Waals surface area contributed by atoms with Gasteiger partial charge in [-0.1, -0.05) is 19.3 Å². The number of nitrogens with one attached hydrogen (secondary N) is 1. The van der Waals surface area contributed by atoms with Gasteiger partial charge in [0.2, 0.25) is 5.91 Å². The van der Waals surface area contributed by atoms with E-state index >= 15 is 0 Å². The Morgan fingerprint density at radius 1 is 1.17 bits per heavy atom. The maximum absolute atomic E-state index is 12.2. The van der Waals surface area contributed by atoms with Gasteiger partial charge in [0.1, 0.15) is 0 Å². The Labute approximate surface area is 138 Å². The molecule has 128 valence electrons. The summed E-state index contributed by atoms with van der Waals surface area (Å²) in [6.07, 6.45) is 9.90. The van der Waals surface area contributed by atoms with Crippen molar-refractivity contribution in [3.8, 4) is 0 Å². The van der Waals surface area contributed by atoms with Crippen molar-refractivity contribution in [3.05, 3.63) is 12.3 Å². The first kappa shape index (κ1) is 16.5. The van der Waals surface area contributed by atoms with Crippen molar-refractivity contribution in [2.75, 3.05) is 38.0 Å². The number of rotatable bonds is 4. The molecule has 2 fully saturated rings. The van der Waals surface area contributed by atoms with Crippen molar-refractivity contribution in [2.24, 2.45) is 7.05 Å². The molecule has 1 aromatic rings. The Balaban J connectivity index is 1.45. The average molecular weight is 319 g/mol. The lowest BCUT2D eigenvalue weighted by Crippen LogP contribution is -2.40. The molecule has 1 N–H and O–H groups in total. The molecule has 6 nitrogen and oxygen atoms in total. The van der Waals surface area contributed by atoms with Crippen molar-refractivity contribution in [1.82, 2.24) is 19.6 Å². The minimum Gasteiger partial charge on any atom is -0.308 e. The van der Waals surface area contributed by atoms with Crippen LogP contribution in [0.25, 0.3) is 0 Å². The molecule has 6 heteroatoms. The second kappa shape index (κ2) is 7.93. The van der Waals surface area contributed by atoms with E-state index < -0.39 is 0 Å². The van der Waals surface area contributed by atoms with Crippen molar-refractivity contribution in [3.63, 3.8) is 0 Å². The second-order valence-corrected chi connectivity index (χ2v) is 6.88. The Kier molecular flexibility index (Phi) is 5.67. The van der Waals surface area contributed by atoms with Crippen LogP contribution in [0.15, 0.2) is 12.3 Å². The minimum atomic E-state index is 0.0369. The van der Waals surface area contributed by atoms with Crippen molar-refractivity contribution >= 4 is 11.7 Å².